The molecular formula is C25H38N4O3. The molecule has 3 aliphatic rings. The third-order valence-corrected chi connectivity index (χ3v) is 8.36. The maximum Gasteiger partial charge on any atom is 0.320 e. The Bertz CT molecular complexity index is 829. The summed E-state index contributed by atoms with van der Waals surface area (Å²) < 4.78 is 0. The summed E-state index contributed by atoms with van der Waals surface area (Å²) in [5.41, 5.74) is 0.239. The molecule has 3 amide bonds. The molecule has 0 radical (unpaired) electrons. The highest BCUT2D eigenvalue weighted by atomic mass is 16.3. The molecule has 176 valence electrons. The third kappa shape index (κ3) is 4.01. The zero-order valence-electron chi connectivity index (χ0n) is 19.8. The van der Waals surface area contributed by atoms with Crippen LogP contribution in [0.2, 0.25) is 0 Å². The molecule has 1 saturated heterocycles. The number of hydrogen-bond acceptors (Lipinski definition) is 4. The Labute approximate surface area is 191 Å². The van der Waals surface area contributed by atoms with Crippen LogP contribution in [0.25, 0.3) is 0 Å². The maximum absolute atomic E-state index is 13.5. The van der Waals surface area contributed by atoms with E-state index in [-0.39, 0.29) is 23.0 Å². The van der Waals surface area contributed by atoms with Crippen molar-refractivity contribution in [2.45, 2.75) is 68.0 Å². The summed E-state index contributed by atoms with van der Waals surface area (Å²) in [6.07, 6.45) is 6.53. The molecule has 0 aromatic heterocycles. The van der Waals surface area contributed by atoms with Crippen LogP contribution in [0.4, 0.5) is 4.79 Å². The number of amides is 3. The van der Waals surface area contributed by atoms with E-state index < -0.39 is 5.60 Å². The summed E-state index contributed by atoms with van der Waals surface area (Å²) in [5.74, 6) is -0.0535. The normalized spacial score (nSPS) is 29.5. The molecule has 32 heavy (non-hydrogen) atoms. The summed E-state index contributed by atoms with van der Waals surface area (Å²) in [4.78, 5) is 31.4. The van der Waals surface area contributed by atoms with E-state index in [1.165, 1.54) is 5.56 Å². The van der Waals surface area contributed by atoms with E-state index in [9.17, 15) is 14.7 Å². The maximum atomic E-state index is 13.5. The van der Waals surface area contributed by atoms with Crippen molar-refractivity contribution in [2.75, 3.05) is 40.8 Å². The molecular weight excluding hydrogens is 404 g/mol. The Morgan fingerprint density at radius 3 is 2.28 bits per heavy atom. The number of aliphatic hydroxyl groups is 1. The predicted molar refractivity (Wildman–Crippen MR) is 124 cm³/mol. The third-order valence-electron chi connectivity index (χ3n) is 8.36. The van der Waals surface area contributed by atoms with E-state index in [1.54, 1.807) is 7.05 Å². The van der Waals surface area contributed by atoms with Gasteiger partial charge in [0.15, 0.2) is 0 Å². The van der Waals surface area contributed by atoms with Gasteiger partial charge in [0.1, 0.15) is 0 Å². The zero-order chi connectivity index (χ0) is 23.0. The highest BCUT2D eigenvalue weighted by molar-refractivity contribution is 5.80. The van der Waals surface area contributed by atoms with Gasteiger partial charge in [0.25, 0.3) is 0 Å². The van der Waals surface area contributed by atoms with Crippen LogP contribution in [0.5, 0.6) is 0 Å². The van der Waals surface area contributed by atoms with Gasteiger partial charge >= 0.3 is 6.03 Å². The quantitative estimate of drug-likeness (QED) is 0.681. The lowest BCUT2D eigenvalue weighted by Gasteiger charge is -2.52. The summed E-state index contributed by atoms with van der Waals surface area (Å²) in [6, 6.07) is 10.7. The number of carbonyl (C=O) groups excluding carboxylic acids is 2. The van der Waals surface area contributed by atoms with E-state index in [0.29, 0.717) is 26.1 Å². The molecule has 4 rings (SSSR count). The predicted octanol–water partition coefficient (Wildman–Crippen LogP) is 2.54. The van der Waals surface area contributed by atoms with Crippen molar-refractivity contribution in [3.63, 3.8) is 0 Å². The second kappa shape index (κ2) is 8.67. The first kappa shape index (κ1) is 23.1. The fraction of sp³-hybridized carbons (Fsp3) is 0.680. The molecule has 1 aliphatic heterocycles. The standard InChI is InChI=1S/C25H38N4O3/c1-26-21(30)10-17-28-18-23(29(22(28)31)19-24(32)11-7-12-24)13-15-25(16-14-23,27(2)3)20-8-5-4-6-9-20/h4-6,8-9,32H,7,10-19H2,1-3H3,(H,26,30). The molecule has 1 spiro atoms. The topological polar surface area (TPSA) is 76.1 Å². The minimum Gasteiger partial charge on any atom is -0.388 e. The molecule has 1 aromatic rings. The van der Waals surface area contributed by atoms with Crippen LogP contribution in [0.3, 0.4) is 0 Å². The number of rotatable bonds is 7. The van der Waals surface area contributed by atoms with Gasteiger partial charge in [-0.15, -0.1) is 0 Å². The number of nitrogens with zero attached hydrogens (tertiary/aromatic N) is 3. The van der Waals surface area contributed by atoms with Gasteiger partial charge in [0.2, 0.25) is 5.91 Å². The van der Waals surface area contributed by atoms with Crippen LogP contribution in [-0.2, 0) is 10.3 Å². The van der Waals surface area contributed by atoms with Gasteiger partial charge in [0.05, 0.1) is 17.7 Å². The Morgan fingerprint density at radius 2 is 1.75 bits per heavy atom. The lowest BCUT2D eigenvalue weighted by Crippen LogP contribution is -2.59. The van der Waals surface area contributed by atoms with E-state index in [0.717, 1.165) is 44.9 Å². The Morgan fingerprint density at radius 1 is 1.09 bits per heavy atom. The second-order valence-electron chi connectivity index (χ2n) is 10.3. The van der Waals surface area contributed by atoms with Gasteiger partial charge in [-0.3, -0.25) is 9.69 Å². The summed E-state index contributed by atoms with van der Waals surface area (Å²) in [6.45, 7) is 1.46. The van der Waals surface area contributed by atoms with Crippen molar-refractivity contribution in [3.05, 3.63) is 35.9 Å². The first-order chi connectivity index (χ1) is 15.2. The zero-order valence-corrected chi connectivity index (χ0v) is 19.8. The molecule has 3 fully saturated rings. The van der Waals surface area contributed by atoms with Gasteiger partial charge in [-0.25, -0.2) is 4.79 Å². The van der Waals surface area contributed by atoms with Crippen molar-refractivity contribution in [1.82, 2.24) is 20.0 Å². The Balaban J connectivity index is 1.57. The molecule has 2 saturated carbocycles. The van der Waals surface area contributed by atoms with E-state index in [4.69, 9.17) is 0 Å². The molecule has 0 bridgehead atoms. The fourth-order valence-corrected chi connectivity index (χ4v) is 5.99. The number of benzene rings is 1. The minimum absolute atomic E-state index is 0.0220. The van der Waals surface area contributed by atoms with Crippen LogP contribution >= 0.6 is 0 Å². The fourth-order valence-electron chi connectivity index (χ4n) is 5.99. The Kier molecular flexibility index (Phi) is 6.25. The minimum atomic E-state index is -0.755. The SMILES string of the molecule is CNC(=O)CCN1CC2(CCC(c3ccccc3)(N(C)C)CC2)N(CC2(O)CCC2)C1=O. The molecule has 1 aromatic carbocycles. The summed E-state index contributed by atoms with van der Waals surface area (Å²) in [5, 5.41) is 13.6. The highest BCUT2D eigenvalue weighted by Gasteiger charge is 2.56. The second-order valence-corrected chi connectivity index (χ2v) is 10.3. The van der Waals surface area contributed by atoms with Crippen LogP contribution in [-0.4, -0.2) is 83.7 Å². The van der Waals surface area contributed by atoms with Gasteiger partial charge < -0.3 is 20.2 Å². The number of nitrogens with one attached hydrogen (secondary N) is 1. The first-order valence-electron chi connectivity index (χ1n) is 12.0. The molecule has 7 nitrogen and oxygen atoms in total. The first-order valence-corrected chi connectivity index (χ1v) is 12.0. The molecule has 2 aliphatic carbocycles. The van der Waals surface area contributed by atoms with Crippen LogP contribution in [0, 0.1) is 0 Å². The lowest BCUT2D eigenvalue weighted by atomic mass is 9.67. The van der Waals surface area contributed by atoms with Crippen LogP contribution < -0.4 is 5.32 Å². The molecule has 7 heteroatoms. The van der Waals surface area contributed by atoms with E-state index in [1.807, 2.05) is 9.80 Å². The van der Waals surface area contributed by atoms with Crippen molar-refractivity contribution >= 4 is 11.9 Å². The number of urea groups is 1. The largest absolute Gasteiger partial charge is 0.388 e. The number of β-amino-alcohol motifs (C(OH)–C–C–N with tert-alkyl or cyclic N) is 1. The summed E-state index contributed by atoms with van der Waals surface area (Å²) >= 11 is 0. The summed E-state index contributed by atoms with van der Waals surface area (Å²) in [7, 11) is 5.92. The van der Waals surface area contributed by atoms with Crippen molar-refractivity contribution in [3.8, 4) is 0 Å². The average Bonchev–Trinajstić information content (AvgIpc) is 3.03. The van der Waals surface area contributed by atoms with Crippen molar-refractivity contribution in [2.24, 2.45) is 0 Å². The van der Waals surface area contributed by atoms with Crippen molar-refractivity contribution in [1.29, 1.82) is 0 Å². The lowest BCUT2D eigenvalue weighted by molar-refractivity contribution is -0.120. The molecule has 0 unspecified atom stereocenters. The number of hydrogen-bond donors (Lipinski definition) is 2. The highest BCUT2D eigenvalue weighted by Crippen LogP contribution is 2.50. The monoisotopic (exact) mass is 442 g/mol. The Hall–Kier alpha value is -2.12. The van der Waals surface area contributed by atoms with E-state index in [2.05, 4.69) is 54.6 Å². The van der Waals surface area contributed by atoms with Gasteiger partial charge in [0, 0.05) is 32.1 Å². The van der Waals surface area contributed by atoms with E-state index >= 15 is 0 Å². The number of carbonyl (C=O) groups is 2. The van der Waals surface area contributed by atoms with Crippen molar-refractivity contribution < 1.29 is 14.7 Å². The smallest absolute Gasteiger partial charge is 0.320 e. The van der Waals surface area contributed by atoms with Gasteiger partial charge in [-0.2, -0.15) is 0 Å². The molecule has 2 N–H and O–H groups in total. The van der Waals surface area contributed by atoms with Gasteiger partial charge in [-0.05, 0) is 64.6 Å². The van der Waals surface area contributed by atoms with Crippen LogP contribution in [0.15, 0.2) is 30.3 Å². The average molecular weight is 443 g/mol. The molecule has 1 heterocycles. The van der Waals surface area contributed by atoms with Crippen LogP contribution in [0.1, 0.15) is 56.9 Å². The molecule has 0 atom stereocenters. The van der Waals surface area contributed by atoms with Gasteiger partial charge in [-0.1, -0.05) is 30.3 Å².